The Morgan fingerprint density at radius 2 is 2.18 bits per heavy atom. The maximum absolute atomic E-state index is 11.3. The zero-order valence-electron chi connectivity index (χ0n) is 10.4. The fraction of sp³-hybridized carbons (Fsp3) is 0.818. The van der Waals surface area contributed by atoms with Crippen molar-refractivity contribution in [3.8, 4) is 0 Å². The fourth-order valence-electron chi connectivity index (χ4n) is 1.71. The first-order valence-electron chi connectivity index (χ1n) is 5.75. The lowest BCUT2D eigenvalue weighted by Gasteiger charge is -2.35. The third-order valence-electron chi connectivity index (χ3n) is 3.26. The number of primary amides is 1. The molecular weight excluding hydrogens is 238 g/mol. The molecule has 0 aliphatic carbocycles. The van der Waals surface area contributed by atoms with Crippen LogP contribution >= 0.6 is 12.2 Å². The van der Waals surface area contributed by atoms with Crippen LogP contribution in [-0.4, -0.2) is 48.1 Å². The summed E-state index contributed by atoms with van der Waals surface area (Å²) in [5.74, 6) is -0.335. The van der Waals surface area contributed by atoms with E-state index in [1.165, 1.54) is 0 Å². The van der Waals surface area contributed by atoms with Gasteiger partial charge in [-0.3, -0.25) is 9.69 Å². The Morgan fingerprint density at radius 1 is 1.53 bits per heavy atom. The number of nitrogens with zero attached hydrogens (tertiary/aromatic N) is 1. The highest BCUT2D eigenvalue weighted by molar-refractivity contribution is 7.80. The van der Waals surface area contributed by atoms with Crippen LogP contribution in [0.1, 0.15) is 20.3 Å². The third kappa shape index (κ3) is 3.90. The Balaban J connectivity index is 2.54. The van der Waals surface area contributed by atoms with Crippen LogP contribution in [0.25, 0.3) is 0 Å². The predicted molar refractivity (Wildman–Crippen MR) is 70.6 cm³/mol. The number of carbonyl (C=O) groups is 1. The smallest absolute Gasteiger partial charge is 0.237 e. The second kappa shape index (κ2) is 5.75. The molecule has 5 nitrogen and oxygen atoms in total. The maximum Gasteiger partial charge on any atom is 0.237 e. The normalized spacial score (nSPS) is 22.4. The lowest BCUT2D eigenvalue weighted by atomic mass is 9.89. The van der Waals surface area contributed by atoms with Crippen molar-refractivity contribution in [3.05, 3.63) is 0 Å². The van der Waals surface area contributed by atoms with E-state index in [9.17, 15) is 4.79 Å². The van der Waals surface area contributed by atoms with Gasteiger partial charge in [0.1, 0.15) is 6.04 Å². The van der Waals surface area contributed by atoms with Crippen LogP contribution in [0.2, 0.25) is 0 Å². The standard InChI is InChI=1S/C11H21N3O2S/c1-11(2,10(13)17)3-4-14-5-6-16-7-8(14)9(12)15/h8H,3-7H2,1-2H3,(H2,12,15)(H2,13,17). The Labute approximate surface area is 107 Å². The van der Waals surface area contributed by atoms with Gasteiger partial charge in [0.05, 0.1) is 18.2 Å². The number of hydrogen-bond donors (Lipinski definition) is 2. The van der Waals surface area contributed by atoms with Gasteiger partial charge in [0, 0.05) is 18.5 Å². The minimum atomic E-state index is -0.335. The molecule has 0 aromatic rings. The third-order valence-corrected chi connectivity index (χ3v) is 3.81. The molecule has 1 rings (SSSR count). The molecular formula is C11H21N3O2S. The highest BCUT2D eigenvalue weighted by Crippen LogP contribution is 2.22. The minimum absolute atomic E-state index is 0.199. The molecule has 1 unspecified atom stereocenters. The molecule has 1 amide bonds. The predicted octanol–water partition coefficient (Wildman–Crippen LogP) is -0.125. The van der Waals surface area contributed by atoms with Crippen LogP contribution in [0.15, 0.2) is 0 Å². The summed E-state index contributed by atoms with van der Waals surface area (Å²) in [6, 6.07) is -0.328. The largest absolute Gasteiger partial charge is 0.393 e. The van der Waals surface area contributed by atoms with Crippen LogP contribution in [-0.2, 0) is 9.53 Å². The second-order valence-corrected chi connectivity index (χ2v) is 5.47. The summed E-state index contributed by atoms with van der Waals surface area (Å²) in [7, 11) is 0. The van der Waals surface area contributed by atoms with Gasteiger partial charge in [-0.25, -0.2) is 0 Å². The zero-order chi connectivity index (χ0) is 13.1. The van der Waals surface area contributed by atoms with Gasteiger partial charge < -0.3 is 16.2 Å². The molecule has 17 heavy (non-hydrogen) atoms. The van der Waals surface area contributed by atoms with Crippen LogP contribution in [0.5, 0.6) is 0 Å². The number of hydrogen-bond acceptors (Lipinski definition) is 4. The minimum Gasteiger partial charge on any atom is -0.393 e. The fourth-order valence-corrected chi connectivity index (χ4v) is 1.82. The summed E-state index contributed by atoms with van der Waals surface area (Å²) in [5, 5.41) is 0. The van der Waals surface area contributed by atoms with Crippen molar-refractivity contribution in [3.63, 3.8) is 0 Å². The molecule has 4 N–H and O–H groups in total. The first-order chi connectivity index (χ1) is 7.84. The molecule has 1 saturated heterocycles. The lowest BCUT2D eigenvalue weighted by molar-refractivity contribution is -0.129. The topological polar surface area (TPSA) is 81.6 Å². The highest BCUT2D eigenvalue weighted by atomic mass is 32.1. The van der Waals surface area contributed by atoms with Crippen molar-refractivity contribution in [1.29, 1.82) is 0 Å². The average molecular weight is 259 g/mol. The molecule has 0 aromatic carbocycles. The van der Waals surface area contributed by atoms with E-state index in [0.717, 1.165) is 19.5 Å². The first kappa shape index (κ1) is 14.3. The summed E-state index contributed by atoms with van der Waals surface area (Å²) in [5.41, 5.74) is 10.8. The zero-order valence-corrected chi connectivity index (χ0v) is 11.3. The molecule has 6 heteroatoms. The Hall–Kier alpha value is -0.720. The summed E-state index contributed by atoms with van der Waals surface area (Å²) in [6.07, 6.45) is 0.812. The van der Waals surface area contributed by atoms with E-state index in [-0.39, 0.29) is 17.4 Å². The second-order valence-electron chi connectivity index (χ2n) is 5.03. The van der Waals surface area contributed by atoms with Gasteiger partial charge in [-0.05, 0) is 6.42 Å². The summed E-state index contributed by atoms with van der Waals surface area (Å²) in [6.45, 7) is 6.51. The first-order valence-corrected chi connectivity index (χ1v) is 6.16. The molecule has 98 valence electrons. The van der Waals surface area contributed by atoms with Crippen molar-refractivity contribution >= 4 is 23.1 Å². The molecule has 0 spiro atoms. The molecule has 1 aliphatic heterocycles. The van der Waals surface area contributed by atoms with Crippen molar-refractivity contribution in [2.45, 2.75) is 26.3 Å². The molecule has 0 radical (unpaired) electrons. The van der Waals surface area contributed by atoms with Gasteiger partial charge >= 0.3 is 0 Å². The van der Waals surface area contributed by atoms with Crippen molar-refractivity contribution in [2.75, 3.05) is 26.3 Å². The van der Waals surface area contributed by atoms with Gasteiger partial charge in [-0.2, -0.15) is 0 Å². The van der Waals surface area contributed by atoms with Gasteiger partial charge in [0.2, 0.25) is 5.91 Å². The molecule has 1 atom stereocenters. The molecule has 1 heterocycles. The van der Waals surface area contributed by atoms with Crippen molar-refractivity contribution in [2.24, 2.45) is 16.9 Å². The van der Waals surface area contributed by atoms with Gasteiger partial charge in [0.25, 0.3) is 0 Å². The number of rotatable bonds is 5. The van der Waals surface area contributed by atoms with Crippen molar-refractivity contribution < 1.29 is 9.53 Å². The van der Waals surface area contributed by atoms with E-state index < -0.39 is 0 Å². The maximum atomic E-state index is 11.3. The number of ether oxygens (including phenoxy) is 1. The van der Waals surface area contributed by atoms with E-state index in [4.69, 9.17) is 28.4 Å². The van der Waals surface area contributed by atoms with E-state index >= 15 is 0 Å². The average Bonchev–Trinajstić information content (AvgIpc) is 2.26. The molecule has 0 bridgehead atoms. The van der Waals surface area contributed by atoms with Crippen LogP contribution in [0, 0.1) is 5.41 Å². The van der Waals surface area contributed by atoms with Crippen LogP contribution in [0.3, 0.4) is 0 Å². The van der Waals surface area contributed by atoms with Crippen molar-refractivity contribution in [1.82, 2.24) is 4.90 Å². The van der Waals surface area contributed by atoms with Gasteiger partial charge in [0.15, 0.2) is 0 Å². The SMILES string of the molecule is CC(C)(CCN1CCOCC1C(N)=O)C(N)=S. The summed E-state index contributed by atoms with van der Waals surface area (Å²) in [4.78, 5) is 13.8. The van der Waals surface area contributed by atoms with Crippen LogP contribution in [0.4, 0.5) is 0 Å². The van der Waals surface area contributed by atoms with E-state index in [1.54, 1.807) is 0 Å². The van der Waals surface area contributed by atoms with E-state index in [2.05, 4.69) is 0 Å². The molecule has 0 saturated carbocycles. The van der Waals surface area contributed by atoms with Gasteiger partial charge in [-0.15, -0.1) is 0 Å². The number of nitrogens with two attached hydrogens (primary N) is 2. The Bertz CT molecular complexity index is 307. The number of carbonyl (C=O) groups excluding carboxylic acids is 1. The van der Waals surface area contributed by atoms with E-state index in [1.807, 2.05) is 18.7 Å². The summed E-state index contributed by atoms with van der Waals surface area (Å²) < 4.78 is 5.26. The number of amides is 1. The van der Waals surface area contributed by atoms with Gasteiger partial charge in [-0.1, -0.05) is 26.1 Å². The van der Waals surface area contributed by atoms with E-state index in [0.29, 0.717) is 18.2 Å². The molecule has 1 aliphatic rings. The Kier molecular flexibility index (Phi) is 4.85. The number of morpholine rings is 1. The Morgan fingerprint density at radius 3 is 2.71 bits per heavy atom. The highest BCUT2D eigenvalue weighted by Gasteiger charge is 2.30. The molecule has 1 fully saturated rings. The molecule has 0 aromatic heterocycles. The number of thiocarbonyl (C=S) groups is 1. The monoisotopic (exact) mass is 259 g/mol. The summed E-state index contributed by atoms with van der Waals surface area (Å²) >= 11 is 5.02. The van der Waals surface area contributed by atoms with Crippen LogP contribution < -0.4 is 11.5 Å². The lowest BCUT2D eigenvalue weighted by Crippen LogP contribution is -2.53. The quantitative estimate of drug-likeness (QED) is 0.672.